The van der Waals surface area contributed by atoms with Crippen LogP contribution in [0.15, 0.2) is 264 Å². The molecule has 4 aromatic heterocycles. The molecule has 0 spiro atoms. The molecule has 0 saturated heterocycles. The Morgan fingerprint density at radius 3 is 1.47 bits per heavy atom. The van der Waals surface area contributed by atoms with E-state index in [-0.39, 0.29) is 0 Å². The standard InChI is InChI=1S/C69H42N4O2/c1-4-14-43(15-5-1)45-26-28-47(29-27-45)68-70-67(46-18-8-3-9-19-46)71-69(72-68)56-23-13-25-64-66(56)59-41-52(32-37-63(59)74-64)49-21-12-20-48(38-49)51-31-36-62-58(40-51)55-34-33-53(42-65(55)75-62)73-60-24-11-10-22-54(60)57-39-50(30-35-61(57)73)44-16-6-2-7-17-44/h1-42H. The molecule has 0 aliphatic carbocycles. The first-order valence-corrected chi connectivity index (χ1v) is 25.2. The molecule has 6 heteroatoms. The molecule has 0 atom stereocenters. The predicted octanol–water partition coefficient (Wildman–Crippen LogP) is 18.4. The lowest BCUT2D eigenvalue weighted by Crippen LogP contribution is -2.00. The quantitative estimate of drug-likeness (QED) is 0.152. The molecular formula is C69H42N4O2. The molecule has 75 heavy (non-hydrogen) atoms. The molecule has 0 aliphatic heterocycles. The van der Waals surface area contributed by atoms with Gasteiger partial charge in [0.1, 0.15) is 22.3 Å². The van der Waals surface area contributed by atoms with E-state index in [1.165, 1.54) is 21.9 Å². The fourth-order valence-electron chi connectivity index (χ4n) is 11.0. The van der Waals surface area contributed by atoms with Crippen LogP contribution in [0.4, 0.5) is 0 Å². The summed E-state index contributed by atoms with van der Waals surface area (Å²) in [6.07, 6.45) is 0. The van der Waals surface area contributed by atoms with E-state index in [1.54, 1.807) is 0 Å². The van der Waals surface area contributed by atoms with Crippen molar-refractivity contribution in [3.8, 4) is 84.4 Å². The summed E-state index contributed by atoms with van der Waals surface area (Å²) in [7, 11) is 0. The number of benzene rings is 11. The molecule has 11 aromatic carbocycles. The summed E-state index contributed by atoms with van der Waals surface area (Å²) in [6.45, 7) is 0. The smallest absolute Gasteiger partial charge is 0.164 e. The predicted molar refractivity (Wildman–Crippen MR) is 307 cm³/mol. The van der Waals surface area contributed by atoms with Gasteiger partial charge in [-0.2, -0.15) is 0 Å². The monoisotopic (exact) mass is 958 g/mol. The Morgan fingerprint density at radius 1 is 0.253 bits per heavy atom. The first kappa shape index (κ1) is 42.5. The fraction of sp³-hybridized carbons (Fsp3) is 0. The number of fused-ring (bicyclic) bond motifs is 9. The van der Waals surface area contributed by atoms with Crippen molar-refractivity contribution in [3.63, 3.8) is 0 Å². The van der Waals surface area contributed by atoms with Crippen LogP contribution in [0.2, 0.25) is 0 Å². The van der Waals surface area contributed by atoms with Crippen molar-refractivity contribution in [2.24, 2.45) is 0 Å². The summed E-state index contributed by atoms with van der Waals surface area (Å²) in [5.74, 6) is 1.78. The lowest BCUT2D eigenvalue weighted by atomic mass is 9.96. The lowest BCUT2D eigenvalue weighted by molar-refractivity contribution is 0.668. The number of nitrogens with zero attached hydrogens (tertiary/aromatic N) is 4. The zero-order valence-corrected chi connectivity index (χ0v) is 40.4. The highest BCUT2D eigenvalue weighted by molar-refractivity contribution is 6.14. The molecule has 0 fully saturated rings. The number of hydrogen-bond donors (Lipinski definition) is 0. The Morgan fingerprint density at radius 2 is 0.733 bits per heavy atom. The van der Waals surface area contributed by atoms with Crippen LogP contribution in [0.25, 0.3) is 150 Å². The van der Waals surface area contributed by atoms with E-state index in [4.69, 9.17) is 23.8 Å². The highest BCUT2D eigenvalue weighted by Crippen LogP contribution is 2.41. The number of rotatable bonds is 8. The number of para-hydroxylation sites is 1. The van der Waals surface area contributed by atoms with Crippen molar-refractivity contribution in [1.29, 1.82) is 0 Å². The average Bonchev–Trinajstić information content (AvgIpc) is 4.18. The van der Waals surface area contributed by atoms with Crippen molar-refractivity contribution in [1.82, 2.24) is 19.5 Å². The first-order valence-electron chi connectivity index (χ1n) is 25.2. The van der Waals surface area contributed by atoms with E-state index in [9.17, 15) is 0 Å². The fourth-order valence-corrected chi connectivity index (χ4v) is 11.0. The molecule has 0 aliphatic rings. The summed E-state index contributed by atoms with van der Waals surface area (Å²) < 4.78 is 15.5. The van der Waals surface area contributed by atoms with Crippen LogP contribution >= 0.6 is 0 Å². The van der Waals surface area contributed by atoms with Crippen molar-refractivity contribution in [3.05, 3.63) is 255 Å². The highest BCUT2D eigenvalue weighted by atomic mass is 16.3. The van der Waals surface area contributed by atoms with E-state index < -0.39 is 0 Å². The second-order valence-electron chi connectivity index (χ2n) is 19.1. The Bertz CT molecular complexity index is 4690. The van der Waals surface area contributed by atoms with Gasteiger partial charge in [-0.05, 0) is 111 Å². The van der Waals surface area contributed by atoms with E-state index in [0.717, 1.165) is 111 Å². The van der Waals surface area contributed by atoms with Crippen LogP contribution in [0, 0.1) is 0 Å². The summed E-state index contributed by atoms with van der Waals surface area (Å²) in [6, 6.07) is 89.4. The Balaban J connectivity index is 0.787. The minimum absolute atomic E-state index is 0.578. The Kier molecular flexibility index (Phi) is 9.78. The zero-order chi connectivity index (χ0) is 49.4. The molecule has 6 nitrogen and oxygen atoms in total. The molecule has 15 rings (SSSR count). The molecule has 0 amide bonds. The largest absolute Gasteiger partial charge is 0.456 e. The van der Waals surface area contributed by atoms with E-state index in [2.05, 4.69) is 211 Å². The molecule has 15 aromatic rings. The van der Waals surface area contributed by atoms with Gasteiger partial charge in [0.25, 0.3) is 0 Å². The maximum Gasteiger partial charge on any atom is 0.164 e. The first-order chi connectivity index (χ1) is 37.1. The molecule has 0 unspecified atom stereocenters. The van der Waals surface area contributed by atoms with Crippen molar-refractivity contribution in [2.75, 3.05) is 0 Å². The molecule has 0 radical (unpaired) electrons. The van der Waals surface area contributed by atoms with E-state index in [1.807, 2.05) is 48.5 Å². The topological polar surface area (TPSA) is 69.9 Å². The van der Waals surface area contributed by atoms with Gasteiger partial charge >= 0.3 is 0 Å². The van der Waals surface area contributed by atoms with Gasteiger partial charge in [0.2, 0.25) is 0 Å². The van der Waals surface area contributed by atoms with Gasteiger partial charge in [-0.1, -0.05) is 182 Å². The Hall–Kier alpha value is -10.2. The average molecular weight is 959 g/mol. The molecule has 350 valence electrons. The molecule has 4 heterocycles. The van der Waals surface area contributed by atoms with Gasteiger partial charge in [-0.3, -0.25) is 0 Å². The molecule has 0 saturated carbocycles. The van der Waals surface area contributed by atoms with E-state index >= 15 is 0 Å². The van der Waals surface area contributed by atoms with Gasteiger partial charge in [-0.15, -0.1) is 0 Å². The molecule has 0 bridgehead atoms. The van der Waals surface area contributed by atoms with Gasteiger partial charge < -0.3 is 13.4 Å². The van der Waals surface area contributed by atoms with Crippen molar-refractivity contribution in [2.45, 2.75) is 0 Å². The summed E-state index contributed by atoms with van der Waals surface area (Å²) in [5, 5.41) is 6.54. The van der Waals surface area contributed by atoms with Crippen LogP contribution < -0.4 is 0 Å². The number of aromatic nitrogens is 4. The normalized spacial score (nSPS) is 11.7. The minimum Gasteiger partial charge on any atom is -0.456 e. The molecule has 0 N–H and O–H groups in total. The third-order valence-corrected chi connectivity index (χ3v) is 14.7. The summed E-state index contributed by atoms with van der Waals surface area (Å²) in [4.78, 5) is 15.4. The third-order valence-electron chi connectivity index (χ3n) is 14.7. The van der Waals surface area contributed by atoms with Crippen LogP contribution in [-0.2, 0) is 0 Å². The SMILES string of the molecule is c1ccc(-c2ccc(-c3nc(-c4ccccc4)nc(-c4cccc5oc6ccc(-c7cccc(-c8ccc9oc%10cc(-n%11c%12ccccc%12c%12cc(-c%13ccccc%13)ccc%12%11)ccc%10c9c8)c7)cc6c45)n3)cc2)cc1. The van der Waals surface area contributed by atoms with Gasteiger partial charge in [0, 0.05) is 60.8 Å². The zero-order valence-electron chi connectivity index (χ0n) is 40.4. The lowest BCUT2D eigenvalue weighted by Gasteiger charge is -2.10. The van der Waals surface area contributed by atoms with E-state index in [0.29, 0.717) is 17.5 Å². The van der Waals surface area contributed by atoms with Crippen LogP contribution in [0.5, 0.6) is 0 Å². The van der Waals surface area contributed by atoms with Crippen LogP contribution in [-0.4, -0.2) is 19.5 Å². The maximum atomic E-state index is 6.63. The third kappa shape index (κ3) is 7.30. The maximum absolute atomic E-state index is 6.63. The molecular weight excluding hydrogens is 917 g/mol. The summed E-state index contributed by atoms with van der Waals surface area (Å²) >= 11 is 0. The minimum atomic E-state index is 0.578. The van der Waals surface area contributed by atoms with Gasteiger partial charge in [0.05, 0.1) is 11.0 Å². The number of furan rings is 2. The second kappa shape index (κ2) is 17.3. The Labute approximate surface area is 431 Å². The van der Waals surface area contributed by atoms with Gasteiger partial charge in [-0.25, -0.2) is 15.0 Å². The van der Waals surface area contributed by atoms with Crippen molar-refractivity contribution < 1.29 is 8.83 Å². The van der Waals surface area contributed by atoms with Crippen LogP contribution in [0.3, 0.4) is 0 Å². The van der Waals surface area contributed by atoms with Crippen molar-refractivity contribution >= 4 is 65.7 Å². The number of hydrogen-bond acceptors (Lipinski definition) is 5. The highest BCUT2D eigenvalue weighted by Gasteiger charge is 2.20. The van der Waals surface area contributed by atoms with Crippen LogP contribution in [0.1, 0.15) is 0 Å². The summed E-state index contributed by atoms with van der Waals surface area (Å²) in [5.41, 5.74) is 18.4. The van der Waals surface area contributed by atoms with Gasteiger partial charge in [0.15, 0.2) is 17.5 Å². The second-order valence-corrected chi connectivity index (χ2v) is 19.1.